The van der Waals surface area contributed by atoms with Crippen molar-refractivity contribution in [2.75, 3.05) is 6.61 Å². The molecule has 3 rings (SSSR count). The molecular formula is C15H20N2O9S. The lowest BCUT2D eigenvalue weighted by molar-refractivity contribution is -0.253. The third-order valence-corrected chi connectivity index (χ3v) is 5.31. The summed E-state index contributed by atoms with van der Waals surface area (Å²) in [4.78, 5) is 21.8. The Balaban J connectivity index is 0.000000198. The third-order valence-electron chi connectivity index (χ3n) is 3.92. The smallest absolute Gasteiger partial charge is 0.266 e. The van der Waals surface area contributed by atoms with Crippen molar-refractivity contribution in [1.29, 1.82) is 0 Å². The number of aliphatic hydroxyl groups is 4. The molecule has 0 aliphatic carbocycles. The predicted molar refractivity (Wildman–Crippen MR) is 88.7 cm³/mol. The molecule has 1 aromatic rings. The van der Waals surface area contributed by atoms with Crippen LogP contribution in [0, 0.1) is 0 Å². The highest BCUT2D eigenvalue weighted by Gasteiger charge is 2.43. The van der Waals surface area contributed by atoms with Gasteiger partial charge < -0.3 is 30.5 Å². The van der Waals surface area contributed by atoms with Crippen molar-refractivity contribution in [2.24, 2.45) is 0 Å². The van der Waals surface area contributed by atoms with Crippen molar-refractivity contribution in [2.45, 2.75) is 42.5 Å². The second-order valence-corrected chi connectivity index (χ2v) is 7.54. The lowest BCUT2D eigenvalue weighted by atomic mass is 9.97. The SMILES string of the molecule is CC(=O)N[C@H]1C(O)O[C@H](CO)[C@H](O)[C@@H]1O.O=C1NS(=O)(=O)c2ccccc21. The Hall–Kier alpha value is -2.09. The Kier molecular flexibility index (Phi) is 6.51. The number of benzene rings is 1. The lowest BCUT2D eigenvalue weighted by Crippen LogP contribution is -2.63. The van der Waals surface area contributed by atoms with Crippen LogP contribution in [-0.4, -0.2) is 77.9 Å². The maximum absolute atomic E-state index is 11.1. The third kappa shape index (κ3) is 4.61. The normalized spacial score (nSPS) is 31.1. The Morgan fingerprint density at radius 3 is 2.41 bits per heavy atom. The molecule has 150 valence electrons. The molecule has 2 heterocycles. The highest BCUT2D eigenvalue weighted by molar-refractivity contribution is 7.90. The van der Waals surface area contributed by atoms with E-state index >= 15 is 0 Å². The second-order valence-electron chi connectivity index (χ2n) is 5.89. The topological polar surface area (TPSA) is 182 Å². The number of amides is 2. The summed E-state index contributed by atoms with van der Waals surface area (Å²) in [5.41, 5.74) is 0.220. The van der Waals surface area contributed by atoms with E-state index in [9.17, 15) is 33.3 Å². The average molecular weight is 404 g/mol. The first-order valence-electron chi connectivity index (χ1n) is 7.82. The standard InChI is InChI=1S/C8H15NO6.C7H5NO3S/c1-3(11)9-5-7(13)6(12)4(2-10)15-8(5)14;9-7-5-3-1-2-4-6(5)12(10,11)8-7/h4-8,10,12-14H,2H2,1H3,(H,9,11);1-4H,(H,8,9)/t4-,5-,6+,7-,8?;/m1./s1. The van der Waals surface area contributed by atoms with Gasteiger partial charge in [-0.3, -0.25) is 9.59 Å². The Bertz CT molecular complexity index is 813. The molecule has 1 saturated heterocycles. The molecule has 11 nitrogen and oxygen atoms in total. The van der Waals surface area contributed by atoms with Crippen molar-refractivity contribution in [3.63, 3.8) is 0 Å². The van der Waals surface area contributed by atoms with Gasteiger partial charge in [0, 0.05) is 6.92 Å². The van der Waals surface area contributed by atoms with E-state index in [0.29, 0.717) is 0 Å². The summed E-state index contributed by atoms with van der Waals surface area (Å²) in [5, 5.41) is 39.4. The summed E-state index contributed by atoms with van der Waals surface area (Å²) in [6, 6.07) is 4.99. The first-order valence-corrected chi connectivity index (χ1v) is 9.30. The zero-order valence-electron chi connectivity index (χ0n) is 14.1. The number of fused-ring (bicyclic) bond motifs is 1. The van der Waals surface area contributed by atoms with Crippen LogP contribution in [0.15, 0.2) is 29.2 Å². The van der Waals surface area contributed by atoms with Gasteiger partial charge in [0.1, 0.15) is 29.2 Å². The van der Waals surface area contributed by atoms with Gasteiger partial charge in [-0.15, -0.1) is 0 Å². The van der Waals surface area contributed by atoms with Crippen LogP contribution in [-0.2, 0) is 19.6 Å². The molecule has 1 unspecified atom stereocenters. The van der Waals surface area contributed by atoms with E-state index < -0.39 is 59.1 Å². The largest absolute Gasteiger partial charge is 0.394 e. The maximum Gasteiger partial charge on any atom is 0.266 e. The predicted octanol–water partition coefficient (Wildman–Crippen LogP) is -2.96. The number of hydrogen-bond acceptors (Lipinski definition) is 9. The molecule has 2 aliphatic heterocycles. The van der Waals surface area contributed by atoms with E-state index in [1.165, 1.54) is 19.1 Å². The summed E-state index contributed by atoms with van der Waals surface area (Å²) in [6.07, 6.45) is -5.24. The maximum atomic E-state index is 11.1. The highest BCUT2D eigenvalue weighted by Crippen LogP contribution is 2.21. The molecule has 0 aromatic heterocycles. The molecule has 5 atom stereocenters. The minimum absolute atomic E-state index is 0.0648. The van der Waals surface area contributed by atoms with E-state index in [1.54, 1.807) is 12.1 Å². The minimum Gasteiger partial charge on any atom is -0.394 e. The van der Waals surface area contributed by atoms with Gasteiger partial charge in [-0.2, -0.15) is 0 Å². The van der Waals surface area contributed by atoms with E-state index in [0.717, 1.165) is 0 Å². The van der Waals surface area contributed by atoms with Crippen molar-refractivity contribution >= 4 is 21.8 Å². The van der Waals surface area contributed by atoms with Crippen LogP contribution in [0.3, 0.4) is 0 Å². The van der Waals surface area contributed by atoms with Gasteiger partial charge >= 0.3 is 0 Å². The molecule has 2 amide bonds. The van der Waals surface area contributed by atoms with Crippen LogP contribution in [0.1, 0.15) is 17.3 Å². The number of sulfonamides is 1. The van der Waals surface area contributed by atoms with Crippen LogP contribution < -0.4 is 10.0 Å². The van der Waals surface area contributed by atoms with Crippen molar-refractivity contribution in [3.05, 3.63) is 29.8 Å². The summed E-state index contributed by atoms with van der Waals surface area (Å²) >= 11 is 0. The number of nitrogens with one attached hydrogen (secondary N) is 2. The summed E-state index contributed by atoms with van der Waals surface area (Å²) in [7, 11) is -3.55. The van der Waals surface area contributed by atoms with Gasteiger partial charge in [-0.05, 0) is 12.1 Å². The monoisotopic (exact) mass is 404 g/mol. The summed E-state index contributed by atoms with van der Waals surface area (Å²) < 4.78 is 29.0. The quantitative estimate of drug-likeness (QED) is 0.300. The Morgan fingerprint density at radius 2 is 1.85 bits per heavy atom. The molecule has 0 bridgehead atoms. The first kappa shape index (κ1) is 21.2. The number of rotatable bonds is 2. The van der Waals surface area contributed by atoms with Gasteiger partial charge in [0.2, 0.25) is 5.91 Å². The van der Waals surface area contributed by atoms with Gasteiger partial charge in [0.15, 0.2) is 6.29 Å². The average Bonchev–Trinajstić information content (AvgIpc) is 2.85. The molecular weight excluding hydrogens is 384 g/mol. The van der Waals surface area contributed by atoms with Crippen LogP contribution in [0.2, 0.25) is 0 Å². The molecule has 12 heteroatoms. The molecule has 27 heavy (non-hydrogen) atoms. The van der Waals surface area contributed by atoms with Crippen LogP contribution in [0.4, 0.5) is 0 Å². The van der Waals surface area contributed by atoms with Crippen LogP contribution >= 0.6 is 0 Å². The van der Waals surface area contributed by atoms with Crippen molar-refractivity contribution in [3.8, 4) is 0 Å². The van der Waals surface area contributed by atoms with Crippen molar-refractivity contribution in [1.82, 2.24) is 10.0 Å². The van der Waals surface area contributed by atoms with Gasteiger partial charge in [0.05, 0.1) is 12.2 Å². The molecule has 2 aliphatic rings. The fraction of sp³-hybridized carbons (Fsp3) is 0.467. The fourth-order valence-electron chi connectivity index (χ4n) is 2.61. The zero-order valence-corrected chi connectivity index (χ0v) is 15.0. The molecule has 1 fully saturated rings. The van der Waals surface area contributed by atoms with Crippen LogP contribution in [0.5, 0.6) is 0 Å². The Labute approximate surface area is 154 Å². The zero-order chi connectivity index (χ0) is 20.4. The highest BCUT2D eigenvalue weighted by atomic mass is 32.2. The Morgan fingerprint density at radius 1 is 1.22 bits per heavy atom. The fourth-order valence-corrected chi connectivity index (χ4v) is 3.78. The number of hydrogen-bond donors (Lipinski definition) is 6. The van der Waals surface area contributed by atoms with E-state index in [4.69, 9.17) is 9.84 Å². The molecule has 0 radical (unpaired) electrons. The first-order chi connectivity index (χ1) is 12.6. The number of carbonyl (C=O) groups is 2. The van der Waals surface area contributed by atoms with Crippen molar-refractivity contribution < 1.29 is 43.2 Å². The second kappa shape index (κ2) is 8.29. The van der Waals surface area contributed by atoms with E-state index in [-0.39, 0.29) is 10.5 Å². The molecule has 0 spiro atoms. The number of aliphatic hydroxyl groups excluding tert-OH is 4. The van der Waals surface area contributed by atoms with E-state index in [2.05, 4.69) is 5.32 Å². The number of carbonyl (C=O) groups excluding carboxylic acids is 2. The molecule has 1 aromatic carbocycles. The summed E-state index contributed by atoms with van der Waals surface area (Å²) in [6.45, 7) is 0.687. The minimum atomic E-state index is -3.55. The van der Waals surface area contributed by atoms with Gasteiger partial charge in [-0.25, -0.2) is 13.1 Å². The van der Waals surface area contributed by atoms with Gasteiger partial charge in [-0.1, -0.05) is 12.1 Å². The van der Waals surface area contributed by atoms with Crippen LogP contribution in [0.25, 0.3) is 0 Å². The van der Waals surface area contributed by atoms with Gasteiger partial charge in [0.25, 0.3) is 15.9 Å². The number of ether oxygens (including phenoxy) is 1. The summed E-state index contributed by atoms with van der Waals surface area (Å²) in [5.74, 6) is -1.01. The molecule has 6 N–H and O–H groups in total. The molecule has 0 saturated carbocycles. The lowest BCUT2D eigenvalue weighted by Gasteiger charge is -2.40. The van der Waals surface area contributed by atoms with E-state index in [1.807, 2.05) is 4.72 Å².